The van der Waals surface area contributed by atoms with Crippen molar-refractivity contribution in [2.24, 2.45) is 5.92 Å². The highest BCUT2D eigenvalue weighted by molar-refractivity contribution is 7.98. The van der Waals surface area contributed by atoms with Gasteiger partial charge in [-0.3, -0.25) is 0 Å². The predicted octanol–water partition coefficient (Wildman–Crippen LogP) is 3.05. The summed E-state index contributed by atoms with van der Waals surface area (Å²) in [5.41, 5.74) is 2.34. The number of rotatable bonds is 2. The van der Waals surface area contributed by atoms with Crippen molar-refractivity contribution in [3.05, 3.63) is 11.3 Å². The third kappa shape index (κ3) is 2.73. The van der Waals surface area contributed by atoms with Crippen molar-refractivity contribution in [1.29, 1.82) is 0 Å². The van der Waals surface area contributed by atoms with Crippen molar-refractivity contribution < 1.29 is 0 Å². The molecule has 0 saturated carbocycles. The maximum Gasteiger partial charge on any atom is 0.189 e. The Morgan fingerprint density at radius 1 is 1.18 bits per heavy atom. The van der Waals surface area contributed by atoms with Gasteiger partial charge >= 0.3 is 0 Å². The Hall–Kier alpha value is -0.770. The van der Waals surface area contributed by atoms with Gasteiger partial charge in [0.05, 0.1) is 0 Å². The smallest absolute Gasteiger partial charge is 0.189 e. The first-order valence-electron chi connectivity index (χ1n) is 6.26. The van der Waals surface area contributed by atoms with Gasteiger partial charge in [-0.25, -0.2) is 9.97 Å². The fraction of sp³-hybridized carbons (Fsp3) is 0.692. The summed E-state index contributed by atoms with van der Waals surface area (Å²) in [6.07, 6.45) is 4.58. The Bertz CT molecular complexity index is 398. The average molecular weight is 251 g/mol. The highest BCUT2D eigenvalue weighted by atomic mass is 32.2. The molecule has 0 radical (unpaired) electrons. The first-order valence-corrected chi connectivity index (χ1v) is 7.48. The molecule has 0 spiro atoms. The van der Waals surface area contributed by atoms with Gasteiger partial charge in [0.2, 0.25) is 0 Å². The van der Waals surface area contributed by atoms with Gasteiger partial charge in [0.15, 0.2) is 5.16 Å². The maximum atomic E-state index is 4.68. The van der Waals surface area contributed by atoms with Gasteiger partial charge in [0, 0.05) is 24.3 Å². The Balaban J connectivity index is 2.27. The van der Waals surface area contributed by atoms with Gasteiger partial charge in [0.1, 0.15) is 5.82 Å². The van der Waals surface area contributed by atoms with Crippen LogP contribution in [0.3, 0.4) is 0 Å². The predicted molar refractivity (Wildman–Crippen MR) is 73.9 cm³/mol. The van der Waals surface area contributed by atoms with Crippen LogP contribution < -0.4 is 4.90 Å². The fourth-order valence-electron chi connectivity index (χ4n) is 2.21. The molecular weight excluding hydrogens is 230 g/mol. The number of anilines is 1. The van der Waals surface area contributed by atoms with E-state index in [2.05, 4.69) is 35.6 Å². The van der Waals surface area contributed by atoms with Gasteiger partial charge in [-0.15, -0.1) is 0 Å². The topological polar surface area (TPSA) is 29.0 Å². The van der Waals surface area contributed by atoms with Crippen LogP contribution in [0.4, 0.5) is 5.82 Å². The molecule has 0 amide bonds. The molecular formula is C13H21N3S. The van der Waals surface area contributed by atoms with Gasteiger partial charge in [-0.05, 0) is 38.9 Å². The zero-order chi connectivity index (χ0) is 12.4. The number of nitrogens with zero attached hydrogens (tertiary/aromatic N) is 3. The summed E-state index contributed by atoms with van der Waals surface area (Å²) in [4.78, 5) is 11.6. The summed E-state index contributed by atoms with van der Waals surface area (Å²) in [6, 6.07) is 0. The van der Waals surface area contributed by atoms with Crippen molar-refractivity contribution >= 4 is 17.6 Å². The van der Waals surface area contributed by atoms with E-state index in [0.29, 0.717) is 0 Å². The number of piperidine rings is 1. The second-order valence-electron chi connectivity index (χ2n) is 4.91. The Kier molecular flexibility index (Phi) is 3.92. The van der Waals surface area contributed by atoms with E-state index >= 15 is 0 Å². The number of hydrogen-bond donors (Lipinski definition) is 0. The molecule has 2 rings (SSSR count). The van der Waals surface area contributed by atoms with Crippen molar-refractivity contribution in [1.82, 2.24) is 9.97 Å². The summed E-state index contributed by atoms with van der Waals surface area (Å²) in [6.45, 7) is 8.81. The van der Waals surface area contributed by atoms with Gasteiger partial charge in [0.25, 0.3) is 0 Å². The van der Waals surface area contributed by atoms with Gasteiger partial charge in [-0.1, -0.05) is 18.7 Å². The lowest BCUT2D eigenvalue weighted by Gasteiger charge is -2.32. The minimum atomic E-state index is 0.856. The Labute approximate surface area is 108 Å². The van der Waals surface area contributed by atoms with Gasteiger partial charge in [-0.2, -0.15) is 0 Å². The number of hydrogen-bond acceptors (Lipinski definition) is 4. The SMILES string of the molecule is CSc1nc(C)c(C)c(N2CCC(C)CC2)n1. The van der Waals surface area contributed by atoms with Crippen LogP contribution >= 0.6 is 11.8 Å². The molecule has 1 aromatic rings. The lowest BCUT2D eigenvalue weighted by molar-refractivity contribution is 0.435. The molecule has 0 aromatic carbocycles. The van der Waals surface area contributed by atoms with Gasteiger partial charge < -0.3 is 4.90 Å². The van der Waals surface area contributed by atoms with E-state index in [1.165, 1.54) is 18.4 Å². The monoisotopic (exact) mass is 251 g/mol. The largest absolute Gasteiger partial charge is 0.356 e. The molecule has 1 saturated heterocycles. The van der Waals surface area contributed by atoms with Crippen molar-refractivity contribution in [2.45, 2.75) is 38.8 Å². The zero-order valence-electron chi connectivity index (χ0n) is 11.2. The van der Waals surface area contributed by atoms with Crippen LogP contribution in [0.5, 0.6) is 0 Å². The van der Waals surface area contributed by atoms with Crippen LogP contribution in [0.1, 0.15) is 31.0 Å². The van der Waals surface area contributed by atoms with Crippen molar-refractivity contribution in [2.75, 3.05) is 24.2 Å². The molecule has 1 aromatic heterocycles. The molecule has 4 heteroatoms. The lowest BCUT2D eigenvalue weighted by Crippen LogP contribution is -2.34. The molecule has 3 nitrogen and oxygen atoms in total. The van der Waals surface area contributed by atoms with Crippen LogP contribution in [0.2, 0.25) is 0 Å². The molecule has 17 heavy (non-hydrogen) atoms. The highest BCUT2D eigenvalue weighted by Crippen LogP contribution is 2.26. The quantitative estimate of drug-likeness (QED) is 0.597. The normalized spacial score (nSPS) is 17.5. The van der Waals surface area contributed by atoms with E-state index in [0.717, 1.165) is 35.7 Å². The van der Waals surface area contributed by atoms with E-state index in [4.69, 9.17) is 0 Å². The Morgan fingerprint density at radius 2 is 1.82 bits per heavy atom. The lowest BCUT2D eigenvalue weighted by atomic mass is 9.99. The molecule has 2 heterocycles. The first-order chi connectivity index (χ1) is 8.11. The number of aryl methyl sites for hydroxylation is 1. The fourth-order valence-corrected chi connectivity index (χ4v) is 2.61. The van der Waals surface area contributed by atoms with E-state index in [9.17, 15) is 0 Å². The molecule has 0 N–H and O–H groups in total. The Morgan fingerprint density at radius 3 is 2.41 bits per heavy atom. The van der Waals surface area contributed by atoms with Crippen molar-refractivity contribution in [3.8, 4) is 0 Å². The van der Waals surface area contributed by atoms with Crippen LogP contribution in [0.25, 0.3) is 0 Å². The minimum absolute atomic E-state index is 0.856. The third-order valence-corrected chi connectivity index (χ3v) is 4.16. The maximum absolute atomic E-state index is 4.68. The molecule has 1 fully saturated rings. The molecule has 1 aliphatic rings. The van der Waals surface area contributed by atoms with Crippen LogP contribution in [-0.4, -0.2) is 29.3 Å². The zero-order valence-corrected chi connectivity index (χ0v) is 12.0. The molecule has 0 aliphatic carbocycles. The molecule has 0 unspecified atom stereocenters. The third-order valence-electron chi connectivity index (χ3n) is 3.61. The summed E-state index contributed by atoms with van der Waals surface area (Å²) in [5, 5.41) is 0.890. The molecule has 0 bridgehead atoms. The second-order valence-corrected chi connectivity index (χ2v) is 5.69. The van der Waals surface area contributed by atoms with E-state index in [-0.39, 0.29) is 0 Å². The van der Waals surface area contributed by atoms with Crippen LogP contribution in [-0.2, 0) is 0 Å². The first kappa shape index (κ1) is 12.7. The standard InChI is InChI=1S/C13H21N3S/c1-9-5-7-16(8-6-9)12-10(2)11(3)14-13(15-12)17-4/h9H,5-8H2,1-4H3. The molecule has 0 atom stereocenters. The second kappa shape index (κ2) is 5.25. The van der Waals surface area contributed by atoms with Crippen LogP contribution in [0, 0.1) is 19.8 Å². The van der Waals surface area contributed by atoms with E-state index < -0.39 is 0 Å². The minimum Gasteiger partial charge on any atom is -0.356 e. The summed E-state index contributed by atoms with van der Waals surface area (Å²) >= 11 is 1.62. The molecule has 94 valence electrons. The number of thioether (sulfide) groups is 1. The molecule has 1 aliphatic heterocycles. The highest BCUT2D eigenvalue weighted by Gasteiger charge is 2.20. The average Bonchev–Trinajstić information content (AvgIpc) is 2.34. The summed E-state index contributed by atoms with van der Waals surface area (Å²) in [5.74, 6) is 2.00. The van der Waals surface area contributed by atoms with E-state index in [1.807, 2.05) is 6.26 Å². The van der Waals surface area contributed by atoms with Crippen LogP contribution in [0.15, 0.2) is 5.16 Å². The van der Waals surface area contributed by atoms with E-state index in [1.54, 1.807) is 11.8 Å². The summed E-state index contributed by atoms with van der Waals surface area (Å²) < 4.78 is 0. The summed E-state index contributed by atoms with van der Waals surface area (Å²) in [7, 11) is 0. The number of aromatic nitrogens is 2. The van der Waals surface area contributed by atoms with Crippen molar-refractivity contribution in [3.63, 3.8) is 0 Å².